The molecule has 4 heteroatoms. The van der Waals surface area contributed by atoms with E-state index in [0.29, 0.717) is 0 Å². The van der Waals surface area contributed by atoms with E-state index in [0.717, 1.165) is 46.0 Å². The Kier molecular flexibility index (Phi) is 5.17. The monoisotopic (exact) mass is 326 g/mol. The summed E-state index contributed by atoms with van der Waals surface area (Å²) in [5, 5.41) is 0. The van der Waals surface area contributed by atoms with Crippen molar-refractivity contribution in [3.05, 3.63) is 47.0 Å². The molecule has 0 fully saturated rings. The molecule has 0 saturated carbocycles. The molecule has 0 saturated heterocycles. The largest absolute Gasteiger partial charge is 0.493 e. The predicted octanol–water partition coefficient (Wildman–Crippen LogP) is 4.45. The van der Waals surface area contributed by atoms with Gasteiger partial charge in [0.2, 0.25) is 0 Å². The maximum atomic E-state index is 6.25. The SMILES string of the molecule is C=Nc1cc(C)cc(N)c1CC(C)(C)c1ccc(OC)c(OC)c1. The van der Waals surface area contributed by atoms with Gasteiger partial charge < -0.3 is 15.2 Å². The molecule has 2 aromatic carbocycles. The quantitative estimate of drug-likeness (QED) is 0.630. The first-order chi connectivity index (χ1) is 11.3. The zero-order valence-corrected chi connectivity index (χ0v) is 15.1. The number of methoxy groups -OCH3 is 2. The Morgan fingerprint density at radius 1 is 1.08 bits per heavy atom. The molecule has 0 amide bonds. The van der Waals surface area contributed by atoms with Gasteiger partial charge in [-0.25, -0.2) is 0 Å². The van der Waals surface area contributed by atoms with E-state index in [4.69, 9.17) is 15.2 Å². The average Bonchev–Trinajstić information content (AvgIpc) is 2.56. The number of nitrogen functional groups attached to an aromatic ring is 1. The van der Waals surface area contributed by atoms with E-state index in [1.165, 1.54) is 0 Å². The number of aryl methyl sites for hydroxylation is 1. The summed E-state index contributed by atoms with van der Waals surface area (Å²) < 4.78 is 10.8. The van der Waals surface area contributed by atoms with Crippen LogP contribution in [-0.2, 0) is 11.8 Å². The van der Waals surface area contributed by atoms with Gasteiger partial charge in [0.15, 0.2) is 11.5 Å². The number of ether oxygens (including phenoxy) is 2. The van der Waals surface area contributed by atoms with Crippen LogP contribution in [-0.4, -0.2) is 20.9 Å². The minimum atomic E-state index is -0.150. The molecule has 0 aliphatic heterocycles. The second kappa shape index (κ2) is 6.95. The molecule has 0 aliphatic rings. The van der Waals surface area contributed by atoms with Crippen LogP contribution in [0.25, 0.3) is 0 Å². The fourth-order valence-corrected chi connectivity index (χ4v) is 2.96. The molecule has 0 atom stereocenters. The van der Waals surface area contributed by atoms with Crippen LogP contribution < -0.4 is 15.2 Å². The summed E-state index contributed by atoms with van der Waals surface area (Å²) >= 11 is 0. The number of hydrogen-bond acceptors (Lipinski definition) is 4. The van der Waals surface area contributed by atoms with Crippen LogP contribution >= 0.6 is 0 Å². The van der Waals surface area contributed by atoms with E-state index in [2.05, 4.69) is 31.6 Å². The summed E-state index contributed by atoms with van der Waals surface area (Å²) in [7, 11) is 3.28. The molecule has 24 heavy (non-hydrogen) atoms. The van der Waals surface area contributed by atoms with Crippen LogP contribution in [0.5, 0.6) is 11.5 Å². The number of hydrogen-bond donors (Lipinski definition) is 1. The van der Waals surface area contributed by atoms with Crippen molar-refractivity contribution in [1.29, 1.82) is 0 Å². The van der Waals surface area contributed by atoms with Crippen molar-refractivity contribution >= 4 is 18.1 Å². The molecule has 0 aromatic heterocycles. The van der Waals surface area contributed by atoms with Gasteiger partial charge >= 0.3 is 0 Å². The van der Waals surface area contributed by atoms with Crippen molar-refractivity contribution in [2.75, 3.05) is 20.0 Å². The topological polar surface area (TPSA) is 56.8 Å². The molecular formula is C20H26N2O2. The highest BCUT2D eigenvalue weighted by Crippen LogP contribution is 2.38. The third kappa shape index (κ3) is 3.53. The van der Waals surface area contributed by atoms with Gasteiger partial charge in [0.25, 0.3) is 0 Å². The van der Waals surface area contributed by atoms with Gasteiger partial charge in [-0.15, -0.1) is 0 Å². The standard InChI is InChI=1S/C20H26N2O2/c1-13-9-16(21)15(17(10-13)22-4)12-20(2,3)14-7-8-18(23-5)19(11-14)24-6/h7-11H,4,12,21H2,1-3,5-6H3. The lowest BCUT2D eigenvalue weighted by Gasteiger charge is -2.28. The number of aliphatic imine (C=N–C) groups is 1. The average molecular weight is 326 g/mol. The lowest BCUT2D eigenvalue weighted by atomic mass is 9.78. The molecule has 2 N–H and O–H groups in total. The molecule has 128 valence electrons. The lowest BCUT2D eigenvalue weighted by molar-refractivity contribution is 0.353. The minimum absolute atomic E-state index is 0.150. The highest BCUT2D eigenvalue weighted by Gasteiger charge is 2.25. The van der Waals surface area contributed by atoms with E-state index in [1.807, 2.05) is 31.2 Å². The molecule has 0 bridgehead atoms. The molecule has 2 rings (SSSR count). The molecule has 0 aliphatic carbocycles. The third-order valence-corrected chi connectivity index (χ3v) is 4.36. The zero-order chi connectivity index (χ0) is 17.9. The van der Waals surface area contributed by atoms with Gasteiger partial charge in [-0.2, -0.15) is 0 Å². The number of anilines is 1. The third-order valence-electron chi connectivity index (χ3n) is 4.36. The van der Waals surface area contributed by atoms with E-state index in [-0.39, 0.29) is 5.41 Å². The Morgan fingerprint density at radius 3 is 2.33 bits per heavy atom. The van der Waals surface area contributed by atoms with Crippen LogP contribution in [0.3, 0.4) is 0 Å². The van der Waals surface area contributed by atoms with Crippen LogP contribution in [0.15, 0.2) is 35.3 Å². The highest BCUT2D eigenvalue weighted by atomic mass is 16.5. The van der Waals surface area contributed by atoms with E-state index < -0.39 is 0 Å². The van der Waals surface area contributed by atoms with Crippen LogP contribution in [0.2, 0.25) is 0 Å². The van der Waals surface area contributed by atoms with Crippen molar-refractivity contribution in [2.24, 2.45) is 4.99 Å². The van der Waals surface area contributed by atoms with Gasteiger partial charge in [0, 0.05) is 11.3 Å². The molecule has 0 unspecified atom stereocenters. The molecule has 2 aromatic rings. The summed E-state index contributed by atoms with van der Waals surface area (Å²) in [4.78, 5) is 4.16. The Hall–Kier alpha value is -2.49. The number of nitrogens with zero attached hydrogens (tertiary/aromatic N) is 1. The van der Waals surface area contributed by atoms with Crippen molar-refractivity contribution in [3.63, 3.8) is 0 Å². The van der Waals surface area contributed by atoms with E-state index in [1.54, 1.807) is 14.2 Å². The summed E-state index contributed by atoms with van der Waals surface area (Å²) in [6.07, 6.45) is 0.753. The van der Waals surface area contributed by atoms with E-state index >= 15 is 0 Å². The lowest BCUT2D eigenvalue weighted by Crippen LogP contribution is -2.21. The van der Waals surface area contributed by atoms with Crippen LogP contribution in [0, 0.1) is 6.92 Å². The molecule has 0 heterocycles. The Morgan fingerprint density at radius 2 is 1.75 bits per heavy atom. The van der Waals surface area contributed by atoms with Crippen LogP contribution in [0.1, 0.15) is 30.5 Å². The van der Waals surface area contributed by atoms with Gasteiger partial charge in [-0.1, -0.05) is 19.9 Å². The first kappa shape index (κ1) is 17.9. The van der Waals surface area contributed by atoms with Crippen LogP contribution in [0.4, 0.5) is 11.4 Å². The second-order valence-corrected chi connectivity index (χ2v) is 6.64. The Balaban J connectivity index is 2.44. The molecule has 4 nitrogen and oxygen atoms in total. The van der Waals surface area contributed by atoms with Gasteiger partial charge in [-0.3, -0.25) is 4.99 Å². The highest BCUT2D eigenvalue weighted by molar-refractivity contribution is 5.65. The smallest absolute Gasteiger partial charge is 0.161 e. The molecular weight excluding hydrogens is 300 g/mol. The van der Waals surface area contributed by atoms with Crippen molar-refractivity contribution in [3.8, 4) is 11.5 Å². The number of nitrogens with two attached hydrogens (primary N) is 1. The van der Waals surface area contributed by atoms with Gasteiger partial charge in [0.1, 0.15) is 0 Å². The maximum absolute atomic E-state index is 6.25. The fourth-order valence-electron chi connectivity index (χ4n) is 2.96. The minimum Gasteiger partial charge on any atom is -0.493 e. The fraction of sp³-hybridized carbons (Fsp3) is 0.350. The van der Waals surface area contributed by atoms with Gasteiger partial charge in [0.05, 0.1) is 19.9 Å². The number of benzene rings is 2. The predicted molar refractivity (Wildman–Crippen MR) is 101 cm³/mol. The Labute approximate surface area is 144 Å². The first-order valence-corrected chi connectivity index (χ1v) is 7.90. The zero-order valence-electron chi connectivity index (χ0n) is 15.1. The summed E-state index contributed by atoms with van der Waals surface area (Å²) in [6.45, 7) is 10.1. The Bertz CT molecular complexity index is 752. The number of rotatable bonds is 6. The first-order valence-electron chi connectivity index (χ1n) is 7.90. The normalized spacial score (nSPS) is 11.2. The van der Waals surface area contributed by atoms with Crippen molar-refractivity contribution < 1.29 is 9.47 Å². The van der Waals surface area contributed by atoms with Crippen molar-refractivity contribution in [2.45, 2.75) is 32.6 Å². The summed E-state index contributed by atoms with van der Waals surface area (Å²) in [5.41, 5.74) is 11.0. The van der Waals surface area contributed by atoms with Crippen molar-refractivity contribution in [1.82, 2.24) is 0 Å². The molecule has 0 spiro atoms. The van der Waals surface area contributed by atoms with Gasteiger partial charge in [-0.05, 0) is 60.9 Å². The second-order valence-electron chi connectivity index (χ2n) is 6.64. The summed E-state index contributed by atoms with van der Waals surface area (Å²) in [5.74, 6) is 1.45. The maximum Gasteiger partial charge on any atom is 0.161 e. The summed E-state index contributed by atoms with van der Waals surface area (Å²) in [6, 6.07) is 10.0. The van der Waals surface area contributed by atoms with E-state index in [9.17, 15) is 0 Å². The molecule has 0 radical (unpaired) electrons.